The molecule has 74 heavy (non-hydrogen) atoms. The van der Waals surface area contributed by atoms with Gasteiger partial charge < -0.3 is 81.0 Å². The van der Waals surface area contributed by atoms with Crippen LogP contribution in [0.25, 0.3) is 0 Å². The smallest absolute Gasteiger partial charge is 0.245 e. The number of hydrogen-bond acceptors (Lipinski definition) is 13. The molecule has 0 saturated carbocycles. The first kappa shape index (κ1) is 64.8. The molecule has 0 aliphatic heterocycles. The van der Waals surface area contributed by atoms with Gasteiger partial charge >= 0.3 is 0 Å². The largest absolute Gasteiger partial charge is 0.508 e. The Morgan fingerprint density at radius 2 is 0.973 bits per heavy atom. The van der Waals surface area contributed by atoms with Gasteiger partial charge in [-0.3, -0.25) is 53.1 Å². The Kier molecular flexibility index (Phi) is 29.3. The van der Waals surface area contributed by atoms with Gasteiger partial charge in [-0.2, -0.15) is 0 Å². The average molecular weight is 1050 g/mol. The standard InChI is InChI=1S/C48H83N15O11/c1-10-26(6)37(44(72)58-32(40(68)53-12-3)15-13-21-54-47(49)50)61-42(70)33(16-14-22-55-48(51)52)59-46(74)39(28(8)64)63-45(73)38(27(7)11-2)62-43(71)36(25(4)5)60-35(67)24-56-41(69)34(57-29(9)65)23-30-17-19-31(66)20-18-30/h17-20,25-28,32-34,36-39,64,66H,10-16,21-24H2,1-9H3,(H,53,68)(H,56,69)(H,57,65)(H,58,72)(H,59,74)(H,60,67)(H,61,70)(H,62,71)(H,63,73)(H4,49,50,54)(H4,51,52,55)/t26-,27-,28+,32-,33-,34-,36-,37-,38+,39-/m0/s1. The molecule has 416 valence electrons. The molecule has 0 aliphatic carbocycles. The fourth-order valence-electron chi connectivity index (χ4n) is 7.29. The van der Waals surface area contributed by atoms with E-state index in [2.05, 4.69) is 57.8 Å². The monoisotopic (exact) mass is 1050 g/mol. The van der Waals surface area contributed by atoms with Crippen molar-refractivity contribution in [2.45, 2.75) is 156 Å². The van der Waals surface area contributed by atoms with Crippen molar-refractivity contribution in [3.05, 3.63) is 29.8 Å². The number of aromatic hydroxyl groups is 1. The highest BCUT2D eigenvalue weighted by molar-refractivity contribution is 5.98. The number of aliphatic imine (C=N–C) groups is 2. The highest BCUT2D eigenvalue weighted by Crippen LogP contribution is 2.15. The van der Waals surface area contributed by atoms with Crippen LogP contribution in [-0.2, 0) is 49.6 Å². The summed E-state index contributed by atoms with van der Waals surface area (Å²) < 4.78 is 0. The lowest BCUT2D eigenvalue weighted by Crippen LogP contribution is -2.63. The summed E-state index contributed by atoms with van der Waals surface area (Å²) in [6.45, 7) is 14.3. The number of carbonyl (C=O) groups excluding carboxylic acids is 9. The first-order valence-corrected chi connectivity index (χ1v) is 25.0. The quantitative estimate of drug-likeness (QED) is 0.0188. The summed E-state index contributed by atoms with van der Waals surface area (Å²) >= 11 is 0. The van der Waals surface area contributed by atoms with E-state index in [0.29, 0.717) is 24.8 Å². The minimum atomic E-state index is -1.69. The van der Waals surface area contributed by atoms with Crippen LogP contribution in [0.15, 0.2) is 34.3 Å². The summed E-state index contributed by atoms with van der Waals surface area (Å²) in [5.41, 5.74) is 22.5. The molecule has 1 aromatic rings. The summed E-state index contributed by atoms with van der Waals surface area (Å²) in [4.78, 5) is 129. The lowest BCUT2D eigenvalue weighted by atomic mass is 9.95. The molecule has 0 spiro atoms. The normalized spacial score (nSPS) is 15.0. The lowest BCUT2D eigenvalue weighted by molar-refractivity contribution is -0.138. The number of rotatable bonds is 33. The molecule has 19 N–H and O–H groups in total. The number of aliphatic hydroxyl groups is 1. The molecule has 0 fully saturated rings. The van der Waals surface area contributed by atoms with Gasteiger partial charge in [0.2, 0.25) is 53.2 Å². The van der Waals surface area contributed by atoms with Crippen molar-refractivity contribution >= 4 is 65.1 Å². The van der Waals surface area contributed by atoms with E-state index in [-0.39, 0.29) is 63.0 Å². The topological polar surface area (TPSA) is 431 Å². The maximum atomic E-state index is 14.1. The second-order valence-corrected chi connectivity index (χ2v) is 18.5. The number of nitrogens with one attached hydrogen (secondary N) is 9. The van der Waals surface area contributed by atoms with Crippen LogP contribution >= 0.6 is 0 Å². The number of amides is 9. The molecule has 0 unspecified atom stereocenters. The Morgan fingerprint density at radius 3 is 1.42 bits per heavy atom. The van der Waals surface area contributed by atoms with Gasteiger partial charge in [-0.05, 0) is 75.0 Å². The number of aliphatic hydroxyl groups excluding tert-OH is 1. The summed E-state index contributed by atoms with van der Waals surface area (Å²) in [7, 11) is 0. The SMILES string of the molecule is CCNC(=O)[C@H](CCCN=C(N)N)NC(=O)[C@@H](NC(=O)[C@H](CCCN=C(N)N)NC(=O)[C@@H](NC(=O)[C@H](NC(=O)[C@@H](NC(=O)CNC(=O)[C@H](Cc1ccc(O)cc1)NC(C)=O)C(C)C)[C@@H](C)CC)[C@@H](C)O)[C@@H](C)CC. The van der Waals surface area contributed by atoms with Gasteiger partial charge in [0.1, 0.15) is 48.0 Å². The second kappa shape index (κ2) is 33.5. The summed E-state index contributed by atoms with van der Waals surface area (Å²) in [6, 6.07) is -2.90. The van der Waals surface area contributed by atoms with Gasteiger partial charge in [-0.25, -0.2) is 0 Å². The van der Waals surface area contributed by atoms with Crippen LogP contribution in [0.1, 0.15) is 106 Å². The van der Waals surface area contributed by atoms with Gasteiger partial charge in [0.05, 0.1) is 12.6 Å². The van der Waals surface area contributed by atoms with Crippen LogP contribution < -0.4 is 70.8 Å². The lowest BCUT2D eigenvalue weighted by Gasteiger charge is -2.31. The zero-order valence-corrected chi connectivity index (χ0v) is 44.2. The van der Waals surface area contributed by atoms with Gasteiger partial charge in [0.25, 0.3) is 0 Å². The number of phenolic OH excluding ortho intramolecular Hbond substituents is 1. The molecule has 0 aromatic heterocycles. The van der Waals surface area contributed by atoms with Crippen LogP contribution in [0.2, 0.25) is 0 Å². The van der Waals surface area contributed by atoms with Crippen LogP contribution in [-0.4, -0.2) is 150 Å². The van der Waals surface area contributed by atoms with Gasteiger partial charge in [0, 0.05) is 33.0 Å². The predicted molar refractivity (Wildman–Crippen MR) is 278 cm³/mol. The van der Waals surface area contributed by atoms with E-state index >= 15 is 0 Å². The van der Waals surface area contributed by atoms with E-state index < -0.39 is 126 Å². The number of nitrogens with two attached hydrogens (primary N) is 4. The van der Waals surface area contributed by atoms with Gasteiger partial charge in [0.15, 0.2) is 11.9 Å². The van der Waals surface area contributed by atoms with E-state index in [4.69, 9.17) is 22.9 Å². The highest BCUT2D eigenvalue weighted by Gasteiger charge is 2.37. The Morgan fingerprint density at radius 1 is 0.541 bits per heavy atom. The molecule has 10 atom stereocenters. The Hall–Kier alpha value is -7.25. The number of nitrogens with zero attached hydrogens (tertiary/aromatic N) is 2. The predicted octanol–water partition coefficient (Wildman–Crippen LogP) is -3.16. The summed E-state index contributed by atoms with van der Waals surface area (Å²) in [6.07, 6.45) is -0.181. The zero-order chi connectivity index (χ0) is 56.2. The minimum absolute atomic E-state index is 0.0111. The van der Waals surface area contributed by atoms with Gasteiger partial charge in [-0.1, -0.05) is 66.5 Å². The van der Waals surface area contributed by atoms with Crippen molar-refractivity contribution < 1.29 is 53.4 Å². The molecular formula is C48H83N15O11. The molecule has 1 rings (SSSR count). The van der Waals surface area contributed by atoms with Gasteiger partial charge in [-0.15, -0.1) is 0 Å². The maximum absolute atomic E-state index is 14.1. The Balaban J connectivity index is 3.34. The molecule has 0 heterocycles. The molecule has 26 nitrogen and oxygen atoms in total. The number of hydrogen-bond donors (Lipinski definition) is 15. The van der Waals surface area contributed by atoms with Crippen molar-refractivity contribution in [3.63, 3.8) is 0 Å². The van der Waals surface area contributed by atoms with Crippen LogP contribution in [0, 0.1) is 17.8 Å². The van der Waals surface area contributed by atoms with Crippen LogP contribution in [0.4, 0.5) is 0 Å². The fraction of sp³-hybridized carbons (Fsp3) is 0.646. The molecule has 26 heteroatoms. The first-order chi connectivity index (χ1) is 34.8. The molecule has 0 saturated heterocycles. The van der Waals surface area contributed by atoms with Crippen LogP contribution in [0.5, 0.6) is 5.75 Å². The van der Waals surface area contributed by atoms with Crippen molar-refractivity contribution in [2.24, 2.45) is 50.7 Å². The molecule has 1 aromatic carbocycles. The third-order valence-corrected chi connectivity index (χ3v) is 11.9. The first-order valence-electron chi connectivity index (χ1n) is 25.0. The summed E-state index contributed by atoms with van der Waals surface area (Å²) in [5.74, 6) is -8.48. The molecular weight excluding hydrogens is 963 g/mol. The second-order valence-electron chi connectivity index (χ2n) is 18.5. The zero-order valence-electron chi connectivity index (χ0n) is 44.2. The van der Waals surface area contributed by atoms with Crippen molar-refractivity contribution in [1.82, 2.24) is 47.9 Å². The minimum Gasteiger partial charge on any atom is -0.508 e. The van der Waals surface area contributed by atoms with E-state index in [1.807, 2.05) is 0 Å². The van der Waals surface area contributed by atoms with Crippen molar-refractivity contribution in [3.8, 4) is 5.75 Å². The van der Waals surface area contributed by atoms with Crippen molar-refractivity contribution in [1.29, 1.82) is 0 Å². The number of guanidine groups is 2. The van der Waals surface area contributed by atoms with E-state index in [9.17, 15) is 53.4 Å². The van der Waals surface area contributed by atoms with E-state index in [1.165, 1.54) is 26.0 Å². The van der Waals surface area contributed by atoms with Crippen LogP contribution in [0.3, 0.4) is 0 Å². The molecule has 0 bridgehead atoms. The van der Waals surface area contributed by atoms with Crippen molar-refractivity contribution in [2.75, 3.05) is 26.2 Å². The molecule has 0 aliphatic rings. The third kappa shape index (κ3) is 24.0. The third-order valence-electron chi connectivity index (χ3n) is 11.9. The fourth-order valence-corrected chi connectivity index (χ4v) is 7.29. The number of phenols is 1. The molecule has 9 amide bonds. The number of carbonyl (C=O) groups is 9. The average Bonchev–Trinajstić information content (AvgIpc) is 3.33. The summed E-state index contributed by atoms with van der Waals surface area (Å²) in [5, 5.41) is 44.0. The van der Waals surface area contributed by atoms with E-state index in [0.717, 1.165) is 0 Å². The highest BCUT2D eigenvalue weighted by atomic mass is 16.3. The maximum Gasteiger partial charge on any atom is 0.245 e. The Bertz CT molecular complexity index is 2080. The number of likely N-dealkylation sites (N-methyl/N-ethyl adjacent to an activating group) is 1. The number of benzene rings is 1. The molecule has 0 radical (unpaired) electrons. The Labute approximate surface area is 433 Å². The van der Waals surface area contributed by atoms with E-state index in [1.54, 1.807) is 60.6 Å².